The van der Waals surface area contributed by atoms with Crippen molar-refractivity contribution >= 4 is 43.3 Å². The summed E-state index contributed by atoms with van der Waals surface area (Å²) < 4.78 is 41.2. The van der Waals surface area contributed by atoms with Gasteiger partial charge < -0.3 is 18.8 Å². The fourth-order valence-corrected chi connectivity index (χ4v) is 4.71. The van der Waals surface area contributed by atoms with Crippen LogP contribution >= 0.6 is 11.3 Å². The topological polar surface area (TPSA) is 113 Å². The number of sulfone groups is 1. The molecule has 164 valence electrons. The Balaban J connectivity index is 2.25. The molecule has 0 aliphatic rings. The van der Waals surface area contributed by atoms with Gasteiger partial charge in [0.05, 0.1) is 36.4 Å². The smallest absolute Gasteiger partial charge is 0.325 e. The van der Waals surface area contributed by atoms with Crippen molar-refractivity contribution in [2.45, 2.75) is 11.4 Å². The SMILES string of the molecule is COC(=O)Cn1c(=NC(=O)c2c(OC)cccc2OC)sc2cc(S(C)(=O)=O)ccc21. The molecule has 0 radical (unpaired) electrons. The van der Waals surface area contributed by atoms with E-state index in [1.54, 1.807) is 24.3 Å². The van der Waals surface area contributed by atoms with Crippen LogP contribution in [0.15, 0.2) is 46.3 Å². The molecule has 2 aromatic carbocycles. The minimum absolute atomic E-state index is 0.121. The Morgan fingerprint density at radius 3 is 2.26 bits per heavy atom. The largest absolute Gasteiger partial charge is 0.496 e. The van der Waals surface area contributed by atoms with Crippen molar-refractivity contribution in [3.63, 3.8) is 0 Å². The lowest BCUT2D eigenvalue weighted by atomic mass is 10.1. The number of hydrogen-bond acceptors (Lipinski definition) is 8. The van der Waals surface area contributed by atoms with Crippen LogP contribution in [0.4, 0.5) is 0 Å². The van der Waals surface area contributed by atoms with E-state index in [1.165, 1.54) is 38.0 Å². The molecule has 0 N–H and O–H groups in total. The first-order valence-corrected chi connectivity index (χ1v) is 11.6. The quantitative estimate of drug-likeness (QED) is 0.513. The van der Waals surface area contributed by atoms with Gasteiger partial charge in [0.2, 0.25) is 0 Å². The van der Waals surface area contributed by atoms with Crippen LogP contribution in [0.25, 0.3) is 10.2 Å². The molecule has 0 aliphatic carbocycles. The molecular weight excluding hydrogens is 444 g/mol. The summed E-state index contributed by atoms with van der Waals surface area (Å²) in [6.45, 7) is -0.204. The summed E-state index contributed by atoms with van der Waals surface area (Å²) in [6.07, 6.45) is 1.10. The molecule has 0 bridgehead atoms. The summed E-state index contributed by atoms with van der Waals surface area (Å²) in [7, 11) is 0.668. The molecule has 1 aromatic heterocycles. The van der Waals surface area contributed by atoms with Gasteiger partial charge in [-0.2, -0.15) is 4.99 Å². The van der Waals surface area contributed by atoms with E-state index in [-0.39, 0.29) is 33.3 Å². The minimum Gasteiger partial charge on any atom is -0.496 e. The predicted molar refractivity (Wildman–Crippen MR) is 114 cm³/mol. The van der Waals surface area contributed by atoms with Crippen LogP contribution in [0, 0.1) is 0 Å². The van der Waals surface area contributed by atoms with Crippen LogP contribution in [0.2, 0.25) is 0 Å². The average Bonchev–Trinajstić information content (AvgIpc) is 3.08. The molecule has 0 fully saturated rings. The van der Waals surface area contributed by atoms with E-state index in [0.717, 1.165) is 17.6 Å². The maximum absolute atomic E-state index is 13.0. The first kappa shape index (κ1) is 22.5. The lowest BCUT2D eigenvalue weighted by Crippen LogP contribution is -2.22. The maximum atomic E-state index is 13.0. The first-order valence-electron chi connectivity index (χ1n) is 8.90. The molecule has 0 saturated heterocycles. The van der Waals surface area contributed by atoms with Crippen molar-refractivity contribution < 1.29 is 32.2 Å². The van der Waals surface area contributed by atoms with Crippen molar-refractivity contribution in [3.8, 4) is 11.5 Å². The first-order chi connectivity index (χ1) is 14.7. The van der Waals surface area contributed by atoms with Gasteiger partial charge in [-0.1, -0.05) is 17.4 Å². The number of nitrogens with zero attached hydrogens (tertiary/aromatic N) is 2. The Hall–Kier alpha value is -3.18. The fraction of sp³-hybridized carbons (Fsp3) is 0.250. The number of rotatable bonds is 6. The van der Waals surface area contributed by atoms with Crippen LogP contribution in [-0.4, -0.2) is 52.4 Å². The maximum Gasteiger partial charge on any atom is 0.325 e. The van der Waals surface area contributed by atoms with Gasteiger partial charge in [0, 0.05) is 6.26 Å². The highest BCUT2D eigenvalue weighted by Crippen LogP contribution is 2.29. The number of methoxy groups -OCH3 is 3. The molecule has 11 heteroatoms. The van der Waals surface area contributed by atoms with E-state index >= 15 is 0 Å². The highest BCUT2D eigenvalue weighted by atomic mass is 32.2. The molecule has 0 spiro atoms. The number of esters is 1. The second-order valence-electron chi connectivity index (χ2n) is 6.40. The van der Waals surface area contributed by atoms with Crippen LogP contribution in [-0.2, 0) is 25.9 Å². The standard InChI is InChI=1S/C20H20N2O7S2/c1-27-14-6-5-7-15(28-2)18(14)19(24)21-20-22(11-17(23)29-3)13-9-8-12(31(4,25)26)10-16(13)30-20/h5-10H,11H2,1-4H3. The summed E-state index contributed by atoms with van der Waals surface area (Å²) >= 11 is 1.08. The molecule has 3 rings (SSSR count). The van der Waals surface area contributed by atoms with Gasteiger partial charge in [-0.05, 0) is 30.3 Å². The average molecular weight is 465 g/mol. The molecule has 0 unspecified atom stereocenters. The zero-order valence-electron chi connectivity index (χ0n) is 17.2. The minimum atomic E-state index is -3.43. The number of carbonyl (C=O) groups is 2. The molecule has 1 amide bonds. The van der Waals surface area contributed by atoms with Gasteiger partial charge in [-0.25, -0.2) is 8.42 Å². The Morgan fingerprint density at radius 2 is 1.71 bits per heavy atom. The summed E-state index contributed by atoms with van der Waals surface area (Å²) in [5.74, 6) is -0.611. The second kappa shape index (κ2) is 8.90. The van der Waals surface area contributed by atoms with Crippen LogP contribution < -0.4 is 14.3 Å². The molecule has 0 aliphatic heterocycles. The van der Waals surface area contributed by atoms with Crippen LogP contribution in [0.1, 0.15) is 10.4 Å². The van der Waals surface area contributed by atoms with Gasteiger partial charge in [0.1, 0.15) is 23.6 Å². The number of fused-ring (bicyclic) bond motifs is 1. The van der Waals surface area contributed by atoms with Crippen molar-refractivity contribution in [3.05, 3.63) is 46.8 Å². The Kier molecular flexibility index (Phi) is 6.46. The molecule has 3 aromatic rings. The van der Waals surface area contributed by atoms with Gasteiger partial charge in [0.25, 0.3) is 5.91 Å². The van der Waals surface area contributed by atoms with Crippen molar-refractivity contribution in [2.24, 2.45) is 4.99 Å². The molecule has 0 saturated carbocycles. The number of thiazole rings is 1. The number of amides is 1. The molecular formula is C20H20N2O7S2. The van der Waals surface area contributed by atoms with E-state index in [2.05, 4.69) is 4.99 Å². The van der Waals surface area contributed by atoms with E-state index in [4.69, 9.17) is 14.2 Å². The summed E-state index contributed by atoms with van der Waals surface area (Å²) in [6, 6.07) is 9.38. The molecule has 31 heavy (non-hydrogen) atoms. The summed E-state index contributed by atoms with van der Waals surface area (Å²) in [4.78, 5) is 29.5. The van der Waals surface area contributed by atoms with Gasteiger partial charge >= 0.3 is 5.97 Å². The predicted octanol–water partition coefficient (Wildman–Crippen LogP) is 2.04. The van der Waals surface area contributed by atoms with Gasteiger partial charge in [0.15, 0.2) is 14.6 Å². The number of hydrogen-bond donors (Lipinski definition) is 0. The summed E-state index contributed by atoms with van der Waals surface area (Å²) in [5.41, 5.74) is 0.674. The van der Waals surface area contributed by atoms with Crippen molar-refractivity contribution in [2.75, 3.05) is 27.6 Å². The number of ether oxygens (including phenoxy) is 3. The van der Waals surface area contributed by atoms with E-state index < -0.39 is 21.7 Å². The third-order valence-corrected chi connectivity index (χ3v) is 6.59. The van der Waals surface area contributed by atoms with E-state index in [9.17, 15) is 18.0 Å². The number of benzene rings is 2. The lowest BCUT2D eigenvalue weighted by molar-refractivity contribution is -0.141. The monoisotopic (exact) mass is 464 g/mol. The van der Waals surface area contributed by atoms with E-state index in [1.807, 2.05) is 0 Å². The lowest BCUT2D eigenvalue weighted by Gasteiger charge is -2.09. The molecule has 9 nitrogen and oxygen atoms in total. The zero-order chi connectivity index (χ0) is 22.8. The normalized spacial score (nSPS) is 12.1. The third kappa shape index (κ3) is 4.62. The summed E-state index contributed by atoms with van der Waals surface area (Å²) in [5, 5.41) is 0. The highest BCUT2D eigenvalue weighted by Gasteiger charge is 2.20. The van der Waals surface area contributed by atoms with Crippen LogP contribution in [0.5, 0.6) is 11.5 Å². The van der Waals surface area contributed by atoms with Crippen molar-refractivity contribution in [1.82, 2.24) is 4.57 Å². The molecule has 0 atom stereocenters. The van der Waals surface area contributed by atoms with E-state index in [0.29, 0.717) is 10.2 Å². The van der Waals surface area contributed by atoms with Gasteiger partial charge in [-0.15, -0.1) is 0 Å². The highest BCUT2D eigenvalue weighted by molar-refractivity contribution is 7.90. The van der Waals surface area contributed by atoms with Crippen LogP contribution in [0.3, 0.4) is 0 Å². The number of carbonyl (C=O) groups excluding carboxylic acids is 2. The Bertz CT molecular complexity index is 1320. The Morgan fingerprint density at radius 1 is 1.06 bits per heavy atom. The second-order valence-corrected chi connectivity index (χ2v) is 9.43. The van der Waals surface area contributed by atoms with Crippen molar-refractivity contribution in [1.29, 1.82) is 0 Å². The fourth-order valence-electron chi connectivity index (χ4n) is 2.92. The third-order valence-electron chi connectivity index (χ3n) is 4.44. The van der Waals surface area contributed by atoms with Gasteiger partial charge in [-0.3, -0.25) is 9.59 Å². The zero-order valence-corrected chi connectivity index (χ0v) is 18.9. The Labute approximate surface area is 182 Å². The number of aromatic nitrogens is 1. The molecule has 1 heterocycles.